The summed E-state index contributed by atoms with van der Waals surface area (Å²) >= 11 is 0. The average molecular weight is 602 g/mol. The summed E-state index contributed by atoms with van der Waals surface area (Å²) in [4.78, 5) is 27.2. The molecular weight excluding hydrogens is 576 g/mol. The third-order valence-corrected chi connectivity index (χ3v) is 6.32. The molecule has 1 amide bonds. The number of carbonyl (C=O) groups excluding carboxylic acids is 2. The largest absolute Gasteiger partial charge is 0.465 e. The molecule has 0 unspecified atom stereocenters. The summed E-state index contributed by atoms with van der Waals surface area (Å²) in [5, 5.41) is 0. The summed E-state index contributed by atoms with van der Waals surface area (Å²) in [6.45, 7) is 0.869. The van der Waals surface area contributed by atoms with Gasteiger partial charge in [0.2, 0.25) is 5.91 Å². The van der Waals surface area contributed by atoms with E-state index in [1.165, 1.54) is 42.5 Å². The molecule has 4 rings (SSSR count). The molecule has 0 aromatic heterocycles. The van der Waals surface area contributed by atoms with Gasteiger partial charge in [0.15, 0.2) is 0 Å². The van der Waals surface area contributed by atoms with Crippen LogP contribution >= 0.6 is 0 Å². The zero-order valence-electron chi connectivity index (χ0n) is 22.7. The predicted octanol–water partition coefficient (Wildman–Crippen LogP) is 8.32. The average Bonchev–Trinajstić information content (AvgIpc) is 2.96. The fourth-order valence-corrected chi connectivity index (χ4v) is 4.36. The van der Waals surface area contributed by atoms with Crippen LogP contribution in [0.4, 0.5) is 32.0 Å². The summed E-state index contributed by atoms with van der Waals surface area (Å²) < 4.78 is 91.7. The molecule has 0 aliphatic heterocycles. The molecule has 0 aliphatic carbocycles. The van der Waals surface area contributed by atoms with Crippen molar-refractivity contribution in [3.05, 3.63) is 114 Å². The highest BCUT2D eigenvalue weighted by Crippen LogP contribution is 2.39. The minimum absolute atomic E-state index is 0.0205. The van der Waals surface area contributed by atoms with Crippen LogP contribution in [0.3, 0.4) is 0 Å². The first kappa shape index (κ1) is 31.1. The summed E-state index contributed by atoms with van der Waals surface area (Å²) in [6.07, 6.45) is -10.0. The van der Waals surface area contributed by atoms with E-state index in [2.05, 4.69) is 0 Å². The molecule has 224 valence electrons. The highest BCUT2D eigenvalue weighted by atomic mass is 19.4. The Balaban J connectivity index is 1.82. The van der Waals surface area contributed by atoms with Crippen molar-refractivity contribution in [1.82, 2.24) is 0 Å². The maximum atomic E-state index is 13.7. The Morgan fingerprint density at radius 2 is 1.40 bits per heavy atom. The lowest BCUT2D eigenvalue weighted by Gasteiger charge is -2.26. The Morgan fingerprint density at radius 3 is 2.02 bits per heavy atom. The molecule has 0 saturated carbocycles. The lowest BCUT2D eigenvalue weighted by atomic mass is 9.99. The standard InChI is InChI=1S/C32H25F6NO4/c1-2-42-30(41)20-39(29(40)18-22-8-6-7-11-27(22)32(36,37)38)28-17-16-25(43-24-9-4-3-5-10-24)19-26(28)21-12-14-23(15-13-21)31(33,34)35/h3-17,19H,2,18,20H2,1H3. The SMILES string of the molecule is CCOC(=O)CN(C(=O)Cc1ccccc1C(F)(F)F)c1ccc(Oc2ccccc2)cc1-c1ccc(C(F)(F)F)cc1. The normalized spacial score (nSPS) is 11.6. The van der Waals surface area contributed by atoms with E-state index in [0.717, 1.165) is 29.2 Å². The summed E-state index contributed by atoms with van der Waals surface area (Å²) in [5.74, 6) is -0.981. The number of rotatable bonds is 9. The lowest BCUT2D eigenvalue weighted by Crippen LogP contribution is -2.38. The highest BCUT2D eigenvalue weighted by molar-refractivity contribution is 6.02. The number of ether oxygens (including phenoxy) is 2. The van der Waals surface area contributed by atoms with Gasteiger partial charge in [0.1, 0.15) is 18.0 Å². The van der Waals surface area contributed by atoms with Crippen LogP contribution in [0.15, 0.2) is 97.1 Å². The second kappa shape index (κ2) is 13.0. The van der Waals surface area contributed by atoms with Crippen molar-refractivity contribution in [2.75, 3.05) is 18.1 Å². The van der Waals surface area contributed by atoms with Gasteiger partial charge in [-0.2, -0.15) is 26.3 Å². The first-order valence-corrected chi connectivity index (χ1v) is 13.0. The van der Waals surface area contributed by atoms with Crippen LogP contribution in [0, 0.1) is 0 Å². The molecule has 0 spiro atoms. The molecule has 0 N–H and O–H groups in total. The lowest BCUT2D eigenvalue weighted by molar-refractivity contribution is -0.142. The van der Waals surface area contributed by atoms with E-state index in [0.29, 0.717) is 5.75 Å². The number of nitrogens with zero attached hydrogens (tertiary/aromatic N) is 1. The molecule has 0 heterocycles. The predicted molar refractivity (Wildman–Crippen MR) is 148 cm³/mol. The van der Waals surface area contributed by atoms with Crippen molar-refractivity contribution in [2.24, 2.45) is 0 Å². The molecule has 4 aromatic rings. The Hall–Kier alpha value is -4.80. The second-order valence-corrected chi connectivity index (χ2v) is 9.29. The van der Waals surface area contributed by atoms with Gasteiger partial charge < -0.3 is 14.4 Å². The minimum Gasteiger partial charge on any atom is -0.465 e. The van der Waals surface area contributed by atoms with Gasteiger partial charge in [0.25, 0.3) is 0 Å². The number of alkyl halides is 6. The molecule has 0 fully saturated rings. The van der Waals surface area contributed by atoms with E-state index in [1.54, 1.807) is 37.3 Å². The molecular formula is C32H25F6NO4. The number of hydrogen-bond donors (Lipinski definition) is 0. The maximum absolute atomic E-state index is 13.7. The molecule has 0 bridgehead atoms. The second-order valence-electron chi connectivity index (χ2n) is 9.29. The Labute approximate surface area is 243 Å². The van der Waals surface area contributed by atoms with Gasteiger partial charge in [-0.3, -0.25) is 9.59 Å². The van der Waals surface area contributed by atoms with Gasteiger partial charge >= 0.3 is 18.3 Å². The number of benzene rings is 4. The minimum atomic E-state index is -4.73. The quantitative estimate of drug-likeness (QED) is 0.143. The van der Waals surface area contributed by atoms with Crippen molar-refractivity contribution in [3.63, 3.8) is 0 Å². The van der Waals surface area contributed by atoms with E-state index in [9.17, 15) is 35.9 Å². The Kier molecular flexibility index (Phi) is 9.43. The number of halogens is 6. The van der Waals surface area contributed by atoms with E-state index in [1.807, 2.05) is 0 Å². The summed E-state index contributed by atoms with van der Waals surface area (Å²) in [6, 6.07) is 21.7. The van der Waals surface area contributed by atoms with E-state index >= 15 is 0 Å². The van der Waals surface area contributed by atoms with E-state index in [-0.39, 0.29) is 34.7 Å². The van der Waals surface area contributed by atoms with Gasteiger partial charge in [-0.15, -0.1) is 0 Å². The van der Waals surface area contributed by atoms with Gasteiger partial charge in [0.05, 0.1) is 29.8 Å². The van der Waals surface area contributed by atoms with Crippen molar-refractivity contribution >= 4 is 17.6 Å². The van der Waals surface area contributed by atoms with Crippen LogP contribution in [0.5, 0.6) is 11.5 Å². The third-order valence-electron chi connectivity index (χ3n) is 6.32. The van der Waals surface area contributed by atoms with Gasteiger partial charge in [-0.05, 0) is 66.6 Å². The van der Waals surface area contributed by atoms with Gasteiger partial charge in [0, 0.05) is 5.56 Å². The van der Waals surface area contributed by atoms with Gasteiger partial charge in [-0.1, -0.05) is 48.5 Å². The fraction of sp³-hybridized carbons (Fsp3) is 0.188. The number of para-hydroxylation sites is 1. The fourth-order valence-electron chi connectivity index (χ4n) is 4.36. The zero-order chi connectivity index (χ0) is 31.2. The maximum Gasteiger partial charge on any atom is 0.416 e. The van der Waals surface area contributed by atoms with Crippen molar-refractivity contribution in [3.8, 4) is 22.6 Å². The Bertz CT molecular complexity index is 1570. The number of anilines is 1. The van der Waals surface area contributed by atoms with Crippen LogP contribution in [-0.4, -0.2) is 25.0 Å². The first-order chi connectivity index (χ1) is 20.4. The highest BCUT2D eigenvalue weighted by Gasteiger charge is 2.34. The molecule has 11 heteroatoms. The van der Waals surface area contributed by atoms with Crippen LogP contribution in [0.25, 0.3) is 11.1 Å². The number of hydrogen-bond acceptors (Lipinski definition) is 4. The molecule has 0 radical (unpaired) electrons. The summed E-state index contributed by atoms with van der Waals surface area (Å²) in [5.41, 5.74) is -1.73. The van der Waals surface area contributed by atoms with Crippen LogP contribution in [0.2, 0.25) is 0 Å². The number of amides is 1. The summed E-state index contributed by atoms with van der Waals surface area (Å²) in [7, 11) is 0. The number of esters is 1. The molecule has 0 saturated heterocycles. The van der Waals surface area contributed by atoms with Crippen LogP contribution in [0.1, 0.15) is 23.6 Å². The van der Waals surface area contributed by atoms with Crippen LogP contribution in [-0.2, 0) is 33.1 Å². The van der Waals surface area contributed by atoms with E-state index < -0.39 is 48.3 Å². The first-order valence-electron chi connectivity index (χ1n) is 13.0. The topological polar surface area (TPSA) is 55.8 Å². The third kappa shape index (κ3) is 7.94. The van der Waals surface area contributed by atoms with Crippen LogP contribution < -0.4 is 9.64 Å². The number of carbonyl (C=O) groups is 2. The molecule has 0 aliphatic rings. The molecule has 4 aromatic carbocycles. The van der Waals surface area contributed by atoms with Gasteiger partial charge in [-0.25, -0.2) is 0 Å². The molecule has 5 nitrogen and oxygen atoms in total. The van der Waals surface area contributed by atoms with Crippen molar-refractivity contribution in [2.45, 2.75) is 25.7 Å². The Morgan fingerprint density at radius 1 is 0.744 bits per heavy atom. The van der Waals surface area contributed by atoms with E-state index in [4.69, 9.17) is 9.47 Å². The zero-order valence-corrected chi connectivity index (χ0v) is 22.7. The molecule has 0 atom stereocenters. The van der Waals surface area contributed by atoms with Crippen molar-refractivity contribution < 1.29 is 45.4 Å². The smallest absolute Gasteiger partial charge is 0.416 e. The monoisotopic (exact) mass is 601 g/mol. The van der Waals surface area contributed by atoms with Crippen molar-refractivity contribution in [1.29, 1.82) is 0 Å². The molecule has 43 heavy (non-hydrogen) atoms.